The molecule has 2 rings (SSSR count). The van der Waals surface area contributed by atoms with E-state index < -0.39 is 18.3 Å². The molecule has 25 heavy (non-hydrogen) atoms. The van der Waals surface area contributed by atoms with Crippen LogP contribution < -0.4 is 15.8 Å². The molecule has 0 spiro atoms. The van der Waals surface area contributed by atoms with Crippen LogP contribution in [0.15, 0.2) is 48.5 Å². The van der Waals surface area contributed by atoms with Crippen molar-refractivity contribution in [3.8, 4) is 5.75 Å². The molecule has 0 heterocycles. The highest BCUT2D eigenvalue weighted by molar-refractivity contribution is 5.82. The van der Waals surface area contributed by atoms with E-state index in [0.29, 0.717) is 11.1 Å². The molecule has 2 aromatic carbocycles. The standard InChI is InChI=1S/C18H19F3N2O2/c1-12-6-8-14(9-7-12)16(22)17(24)23-11-10-13-4-2-3-5-15(13)25-18(19,20)21/h2-9,16H,10-11,22H2,1H3,(H,23,24). The number of ether oxygens (including phenoxy) is 1. The van der Waals surface area contributed by atoms with Crippen molar-refractivity contribution in [2.45, 2.75) is 25.7 Å². The molecule has 0 fully saturated rings. The molecule has 1 atom stereocenters. The molecule has 1 amide bonds. The number of hydrogen-bond donors (Lipinski definition) is 2. The summed E-state index contributed by atoms with van der Waals surface area (Å²) in [6.07, 6.45) is -4.56. The minimum Gasteiger partial charge on any atom is -0.406 e. The number of para-hydroxylation sites is 1. The maximum absolute atomic E-state index is 12.4. The summed E-state index contributed by atoms with van der Waals surface area (Å²) in [7, 11) is 0. The lowest BCUT2D eigenvalue weighted by molar-refractivity contribution is -0.274. The zero-order valence-corrected chi connectivity index (χ0v) is 13.6. The van der Waals surface area contributed by atoms with Crippen molar-refractivity contribution in [1.29, 1.82) is 0 Å². The van der Waals surface area contributed by atoms with E-state index in [0.717, 1.165) is 5.56 Å². The van der Waals surface area contributed by atoms with Crippen molar-refractivity contribution < 1.29 is 22.7 Å². The average Bonchev–Trinajstić information content (AvgIpc) is 2.55. The normalized spacial score (nSPS) is 12.5. The minimum absolute atomic E-state index is 0.149. The number of benzene rings is 2. The van der Waals surface area contributed by atoms with Gasteiger partial charge in [-0.1, -0.05) is 48.0 Å². The molecule has 0 saturated carbocycles. The van der Waals surface area contributed by atoms with Gasteiger partial charge in [-0.25, -0.2) is 0 Å². The third-order valence-electron chi connectivity index (χ3n) is 3.61. The molecule has 0 aliphatic carbocycles. The number of halogens is 3. The lowest BCUT2D eigenvalue weighted by Gasteiger charge is -2.15. The Bertz CT molecular complexity index is 715. The van der Waals surface area contributed by atoms with Crippen LogP contribution in [-0.4, -0.2) is 18.8 Å². The topological polar surface area (TPSA) is 64.4 Å². The van der Waals surface area contributed by atoms with E-state index in [1.165, 1.54) is 18.2 Å². The van der Waals surface area contributed by atoms with Gasteiger partial charge in [-0.05, 0) is 30.5 Å². The highest BCUT2D eigenvalue weighted by Gasteiger charge is 2.31. The second-order valence-electron chi connectivity index (χ2n) is 5.58. The van der Waals surface area contributed by atoms with E-state index in [1.807, 2.05) is 19.1 Å². The quantitative estimate of drug-likeness (QED) is 0.839. The first-order chi connectivity index (χ1) is 11.8. The molecule has 2 aromatic rings. The monoisotopic (exact) mass is 352 g/mol. The van der Waals surface area contributed by atoms with E-state index in [2.05, 4.69) is 10.1 Å². The van der Waals surface area contributed by atoms with Gasteiger partial charge in [0.1, 0.15) is 11.8 Å². The van der Waals surface area contributed by atoms with Gasteiger partial charge in [-0.3, -0.25) is 4.79 Å². The minimum atomic E-state index is -4.76. The van der Waals surface area contributed by atoms with Gasteiger partial charge in [0.15, 0.2) is 0 Å². The first kappa shape index (κ1) is 18.8. The number of rotatable bonds is 6. The maximum atomic E-state index is 12.4. The molecule has 4 nitrogen and oxygen atoms in total. The Balaban J connectivity index is 1.92. The number of alkyl halides is 3. The molecular weight excluding hydrogens is 333 g/mol. The maximum Gasteiger partial charge on any atom is 0.573 e. The highest BCUT2D eigenvalue weighted by Crippen LogP contribution is 2.26. The van der Waals surface area contributed by atoms with Crippen molar-refractivity contribution in [2.24, 2.45) is 5.73 Å². The molecule has 0 aliphatic heterocycles. The van der Waals surface area contributed by atoms with Gasteiger partial charge in [0.2, 0.25) is 5.91 Å². The first-order valence-corrected chi connectivity index (χ1v) is 7.70. The van der Waals surface area contributed by atoms with E-state index in [9.17, 15) is 18.0 Å². The SMILES string of the molecule is Cc1ccc(C(N)C(=O)NCCc2ccccc2OC(F)(F)F)cc1. The molecule has 134 valence electrons. The van der Waals surface area contributed by atoms with E-state index in [1.54, 1.807) is 18.2 Å². The van der Waals surface area contributed by atoms with Gasteiger partial charge in [-0.2, -0.15) is 0 Å². The summed E-state index contributed by atoms with van der Waals surface area (Å²) in [6, 6.07) is 12.2. The van der Waals surface area contributed by atoms with Crippen LogP contribution in [-0.2, 0) is 11.2 Å². The molecule has 1 unspecified atom stereocenters. The predicted molar refractivity (Wildman–Crippen MR) is 87.9 cm³/mol. The first-order valence-electron chi connectivity index (χ1n) is 7.70. The van der Waals surface area contributed by atoms with Crippen LogP contribution in [0.5, 0.6) is 5.75 Å². The number of hydrogen-bond acceptors (Lipinski definition) is 3. The number of nitrogens with one attached hydrogen (secondary N) is 1. The summed E-state index contributed by atoms with van der Waals surface area (Å²) >= 11 is 0. The number of amides is 1. The third kappa shape index (κ3) is 5.79. The molecular formula is C18H19F3N2O2. The number of carbonyl (C=O) groups is 1. The van der Waals surface area contributed by atoms with E-state index >= 15 is 0 Å². The number of nitrogens with two attached hydrogens (primary N) is 1. The second kappa shape index (κ2) is 8.02. The van der Waals surface area contributed by atoms with Crippen molar-refractivity contribution in [2.75, 3.05) is 6.54 Å². The fourth-order valence-electron chi connectivity index (χ4n) is 2.29. The van der Waals surface area contributed by atoms with Crippen LogP contribution in [0.1, 0.15) is 22.7 Å². The average molecular weight is 352 g/mol. The van der Waals surface area contributed by atoms with E-state index in [-0.39, 0.29) is 18.7 Å². The molecule has 0 aliphatic rings. The van der Waals surface area contributed by atoms with Crippen LogP contribution in [0, 0.1) is 6.92 Å². The Kier molecular flexibility index (Phi) is 6.03. The Labute approximate surface area is 143 Å². The summed E-state index contributed by atoms with van der Waals surface area (Å²) in [5, 5.41) is 2.63. The summed E-state index contributed by atoms with van der Waals surface area (Å²) in [6.45, 7) is 2.08. The lowest BCUT2D eigenvalue weighted by atomic mass is 10.1. The molecule has 0 saturated heterocycles. The van der Waals surface area contributed by atoms with Gasteiger partial charge in [0.25, 0.3) is 0 Å². The summed E-state index contributed by atoms with van der Waals surface area (Å²) in [4.78, 5) is 12.1. The fourth-order valence-corrected chi connectivity index (χ4v) is 2.29. The van der Waals surface area contributed by atoms with Crippen molar-refractivity contribution in [3.63, 3.8) is 0 Å². The van der Waals surface area contributed by atoms with Crippen LogP contribution in [0.4, 0.5) is 13.2 Å². The van der Waals surface area contributed by atoms with Gasteiger partial charge in [0.05, 0.1) is 0 Å². The highest BCUT2D eigenvalue weighted by atomic mass is 19.4. The molecule has 3 N–H and O–H groups in total. The largest absolute Gasteiger partial charge is 0.573 e. The van der Waals surface area contributed by atoms with Gasteiger partial charge < -0.3 is 15.8 Å². The van der Waals surface area contributed by atoms with Crippen LogP contribution in [0.3, 0.4) is 0 Å². The van der Waals surface area contributed by atoms with E-state index in [4.69, 9.17) is 5.73 Å². The number of carbonyl (C=O) groups excluding carboxylic acids is 1. The summed E-state index contributed by atoms with van der Waals surface area (Å²) < 4.78 is 41.1. The molecule has 0 bridgehead atoms. The Morgan fingerprint density at radius 3 is 2.44 bits per heavy atom. The zero-order valence-electron chi connectivity index (χ0n) is 13.6. The van der Waals surface area contributed by atoms with Crippen molar-refractivity contribution in [3.05, 3.63) is 65.2 Å². The van der Waals surface area contributed by atoms with Crippen LogP contribution in [0.2, 0.25) is 0 Å². The summed E-state index contributed by atoms with van der Waals surface area (Å²) in [5.74, 6) is -0.662. The van der Waals surface area contributed by atoms with Gasteiger partial charge in [0, 0.05) is 6.54 Å². The second-order valence-corrected chi connectivity index (χ2v) is 5.58. The lowest BCUT2D eigenvalue weighted by Crippen LogP contribution is -2.35. The van der Waals surface area contributed by atoms with Crippen molar-refractivity contribution >= 4 is 5.91 Å². The Hall–Kier alpha value is -2.54. The molecule has 7 heteroatoms. The third-order valence-corrected chi connectivity index (χ3v) is 3.61. The Morgan fingerprint density at radius 2 is 1.80 bits per heavy atom. The van der Waals surface area contributed by atoms with Crippen LogP contribution in [0.25, 0.3) is 0 Å². The van der Waals surface area contributed by atoms with Gasteiger partial charge >= 0.3 is 6.36 Å². The number of aryl methyl sites for hydroxylation is 1. The molecule has 0 radical (unpaired) electrons. The molecule has 0 aromatic heterocycles. The zero-order chi connectivity index (χ0) is 18.4. The van der Waals surface area contributed by atoms with Crippen molar-refractivity contribution in [1.82, 2.24) is 5.32 Å². The predicted octanol–water partition coefficient (Wildman–Crippen LogP) is 3.25. The fraction of sp³-hybridized carbons (Fsp3) is 0.278. The van der Waals surface area contributed by atoms with Crippen LogP contribution >= 0.6 is 0 Å². The Morgan fingerprint density at radius 1 is 1.16 bits per heavy atom. The summed E-state index contributed by atoms with van der Waals surface area (Å²) in [5.41, 5.74) is 7.97. The van der Waals surface area contributed by atoms with Gasteiger partial charge in [-0.15, -0.1) is 13.2 Å². The smallest absolute Gasteiger partial charge is 0.406 e.